The first-order valence-electron chi connectivity index (χ1n) is 11.9. The monoisotopic (exact) mass is 478 g/mol. The van der Waals surface area contributed by atoms with Gasteiger partial charge in [-0.25, -0.2) is 10.4 Å². The van der Waals surface area contributed by atoms with E-state index in [-0.39, 0.29) is 17.6 Å². The summed E-state index contributed by atoms with van der Waals surface area (Å²) in [6.45, 7) is 3.77. The molecule has 0 saturated heterocycles. The Morgan fingerprint density at radius 3 is 2.42 bits per heavy atom. The van der Waals surface area contributed by atoms with E-state index in [4.69, 9.17) is 4.42 Å². The normalized spacial score (nSPS) is 13.8. The van der Waals surface area contributed by atoms with Gasteiger partial charge in [0.2, 0.25) is 0 Å². The predicted octanol–water partition coefficient (Wildman–Crippen LogP) is 5.68. The average Bonchev–Trinajstić information content (AvgIpc) is 3.25. The summed E-state index contributed by atoms with van der Waals surface area (Å²) >= 11 is 0. The summed E-state index contributed by atoms with van der Waals surface area (Å²) in [4.78, 5) is 29.8. The molecule has 0 atom stereocenters. The molecule has 1 aliphatic rings. The van der Waals surface area contributed by atoms with Crippen LogP contribution in [0.2, 0.25) is 0 Å². The molecule has 7 nitrogen and oxygen atoms in total. The van der Waals surface area contributed by atoms with Gasteiger partial charge in [-0.05, 0) is 67.6 Å². The minimum Gasteiger partial charge on any atom is -0.455 e. The number of amides is 2. The van der Waals surface area contributed by atoms with E-state index in [0.29, 0.717) is 41.3 Å². The van der Waals surface area contributed by atoms with Gasteiger partial charge in [-0.3, -0.25) is 9.59 Å². The minimum absolute atomic E-state index is 0.237. The van der Waals surface area contributed by atoms with Crippen LogP contribution in [0.25, 0.3) is 11.1 Å². The number of benzene rings is 2. The third-order valence-electron chi connectivity index (χ3n) is 6.24. The fourth-order valence-corrected chi connectivity index (χ4v) is 4.40. The third kappa shape index (κ3) is 4.81. The second-order valence-corrected chi connectivity index (χ2v) is 8.82. The molecule has 1 aliphatic carbocycles. The maximum absolute atomic E-state index is 12.9. The van der Waals surface area contributed by atoms with Crippen molar-refractivity contribution >= 4 is 23.3 Å². The van der Waals surface area contributed by atoms with Gasteiger partial charge in [-0.1, -0.05) is 42.5 Å². The molecule has 36 heavy (non-hydrogen) atoms. The molecule has 180 valence electrons. The summed E-state index contributed by atoms with van der Waals surface area (Å²) in [6.07, 6.45) is 3.86. The van der Waals surface area contributed by atoms with Crippen molar-refractivity contribution in [2.45, 2.75) is 33.1 Å². The molecule has 2 aromatic heterocycles. The summed E-state index contributed by atoms with van der Waals surface area (Å²) in [5, 5.41) is 7.22. The van der Waals surface area contributed by atoms with E-state index in [1.54, 1.807) is 24.4 Å². The lowest BCUT2D eigenvalue weighted by molar-refractivity contribution is 0.0953. The van der Waals surface area contributed by atoms with E-state index in [1.807, 2.05) is 62.4 Å². The number of hydrogen-bond donors (Lipinski definition) is 2. The Morgan fingerprint density at radius 1 is 0.917 bits per heavy atom. The maximum atomic E-state index is 12.9. The number of furan rings is 1. The molecule has 2 N–H and O–H groups in total. The van der Waals surface area contributed by atoms with Crippen LogP contribution < -0.4 is 10.7 Å². The van der Waals surface area contributed by atoms with Crippen LogP contribution in [0, 0.1) is 13.8 Å². The highest BCUT2D eigenvalue weighted by Crippen LogP contribution is 2.30. The second kappa shape index (κ2) is 10.00. The van der Waals surface area contributed by atoms with E-state index in [1.165, 1.54) is 0 Å². The van der Waals surface area contributed by atoms with E-state index < -0.39 is 0 Å². The molecule has 0 fully saturated rings. The highest BCUT2D eigenvalue weighted by molar-refractivity contribution is 6.09. The Balaban J connectivity index is 1.32. The van der Waals surface area contributed by atoms with Crippen LogP contribution >= 0.6 is 0 Å². The van der Waals surface area contributed by atoms with Crippen LogP contribution in [0.5, 0.6) is 0 Å². The number of hydrogen-bond acceptors (Lipinski definition) is 5. The van der Waals surface area contributed by atoms with Gasteiger partial charge in [-0.2, -0.15) is 5.10 Å². The van der Waals surface area contributed by atoms with E-state index >= 15 is 0 Å². The maximum Gasteiger partial charge on any atom is 0.292 e. The molecular weight excluding hydrogens is 452 g/mol. The topological polar surface area (TPSA) is 96.6 Å². The first kappa shape index (κ1) is 23.2. The Kier molecular flexibility index (Phi) is 6.45. The predicted molar refractivity (Wildman–Crippen MR) is 139 cm³/mol. The van der Waals surface area contributed by atoms with Gasteiger partial charge >= 0.3 is 0 Å². The van der Waals surface area contributed by atoms with Gasteiger partial charge in [0.25, 0.3) is 11.8 Å². The van der Waals surface area contributed by atoms with Crippen molar-refractivity contribution in [3.05, 3.63) is 107 Å². The summed E-state index contributed by atoms with van der Waals surface area (Å²) < 4.78 is 5.94. The first-order chi connectivity index (χ1) is 17.5. The smallest absolute Gasteiger partial charge is 0.292 e. The number of rotatable bonds is 5. The van der Waals surface area contributed by atoms with Crippen LogP contribution in [-0.2, 0) is 6.42 Å². The van der Waals surface area contributed by atoms with Crippen LogP contribution in [0.1, 0.15) is 56.2 Å². The molecule has 0 saturated carbocycles. The highest BCUT2D eigenvalue weighted by Gasteiger charge is 2.28. The lowest BCUT2D eigenvalue weighted by Gasteiger charge is -2.13. The van der Waals surface area contributed by atoms with E-state index in [0.717, 1.165) is 28.7 Å². The largest absolute Gasteiger partial charge is 0.455 e. The number of aromatic nitrogens is 1. The zero-order valence-corrected chi connectivity index (χ0v) is 20.2. The molecule has 2 heterocycles. The first-order valence-corrected chi connectivity index (χ1v) is 11.9. The molecule has 2 amide bonds. The zero-order valence-electron chi connectivity index (χ0n) is 20.2. The van der Waals surface area contributed by atoms with E-state index in [9.17, 15) is 9.59 Å². The van der Waals surface area contributed by atoms with Gasteiger partial charge in [0.05, 0.1) is 5.71 Å². The van der Waals surface area contributed by atoms with Gasteiger partial charge in [0.1, 0.15) is 11.6 Å². The number of nitrogens with one attached hydrogen (secondary N) is 2. The number of anilines is 1. The minimum atomic E-state index is -0.359. The highest BCUT2D eigenvalue weighted by atomic mass is 16.4. The lowest BCUT2D eigenvalue weighted by atomic mass is 9.93. The number of aryl methyl sites for hydroxylation is 2. The molecule has 0 aliphatic heterocycles. The molecule has 4 aromatic rings. The lowest BCUT2D eigenvalue weighted by Crippen LogP contribution is -2.22. The Hall–Kier alpha value is -4.52. The summed E-state index contributed by atoms with van der Waals surface area (Å²) in [6, 6.07) is 21.1. The fourth-order valence-electron chi connectivity index (χ4n) is 4.40. The second-order valence-electron chi connectivity index (χ2n) is 8.82. The third-order valence-corrected chi connectivity index (χ3v) is 6.24. The van der Waals surface area contributed by atoms with Crippen molar-refractivity contribution in [3.8, 4) is 11.1 Å². The summed E-state index contributed by atoms with van der Waals surface area (Å²) in [5.74, 6) is 0.760. The Labute approximate surface area is 209 Å². The molecule has 0 unspecified atom stereocenters. The zero-order chi connectivity index (χ0) is 25.1. The molecule has 5 rings (SSSR count). The summed E-state index contributed by atoms with van der Waals surface area (Å²) in [5.41, 5.74) is 8.53. The molecule has 0 radical (unpaired) electrons. The van der Waals surface area contributed by atoms with Crippen molar-refractivity contribution < 1.29 is 14.0 Å². The Bertz CT molecular complexity index is 1450. The number of hydrazone groups is 1. The van der Waals surface area contributed by atoms with Gasteiger partial charge in [-0.15, -0.1) is 0 Å². The standard InChI is InChI=1S/C29H26N4O3/c1-18-15-16-30-25(17-18)31-29(35)27-19(2)26-23(9-6-10-24(26)36-27)32-33-28(34)22-13-11-21(12-14-22)20-7-4-3-5-8-20/h3-5,7-8,11-17H,6,9-10H2,1-2H3,(H,33,34)(H,30,31,35)/b32-23+. The van der Waals surface area contributed by atoms with Gasteiger partial charge < -0.3 is 9.73 Å². The van der Waals surface area contributed by atoms with E-state index in [2.05, 4.69) is 20.8 Å². The number of pyridine rings is 1. The Morgan fingerprint density at radius 2 is 1.67 bits per heavy atom. The van der Waals surface area contributed by atoms with Crippen molar-refractivity contribution in [2.75, 3.05) is 5.32 Å². The number of nitrogens with zero attached hydrogens (tertiary/aromatic N) is 2. The number of fused-ring (bicyclic) bond motifs is 1. The molecule has 0 bridgehead atoms. The van der Waals surface area contributed by atoms with Gasteiger partial charge in [0, 0.05) is 29.3 Å². The average molecular weight is 479 g/mol. The SMILES string of the molecule is Cc1ccnc(NC(=O)c2oc3c(c2C)/C(=N/NC(=O)c2ccc(-c4ccccc4)cc2)CCC3)c1. The van der Waals surface area contributed by atoms with Crippen molar-refractivity contribution in [3.63, 3.8) is 0 Å². The van der Waals surface area contributed by atoms with Crippen molar-refractivity contribution in [1.29, 1.82) is 0 Å². The van der Waals surface area contributed by atoms with Crippen LogP contribution in [-0.4, -0.2) is 22.5 Å². The molecular formula is C29H26N4O3. The number of carbonyl (C=O) groups excluding carboxylic acids is 2. The molecule has 0 spiro atoms. The van der Waals surface area contributed by atoms with Crippen LogP contribution in [0.4, 0.5) is 5.82 Å². The molecule has 2 aromatic carbocycles. The van der Waals surface area contributed by atoms with Gasteiger partial charge in [0.15, 0.2) is 5.76 Å². The van der Waals surface area contributed by atoms with Crippen molar-refractivity contribution in [2.24, 2.45) is 5.10 Å². The quantitative estimate of drug-likeness (QED) is 0.361. The van der Waals surface area contributed by atoms with Crippen LogP contribution in [0.3, 0.4) is 0 Å². The fraction of sp³-hybridized carbons (Fsp3) is 0.172. The van der Waals surface area contributed by atoms with Crippen molar-refractivity contribution in [1.82, 2.24) is 10.4 Å². The van der Waals surface area contributed by atoms with Crippen LogP contribution in [0.15, 0.2) is 82.4 Å². The summed E-state index contributed by atoms with van der Waals surface area (Å²) in [7, 11) is 0. The molecule has 7 heteroatoms. The number of carbonyl (C=O) groups is 2.